The predicted molar refractivity (Wildman–Crippen MR) is 46.9 cm³/mol. The zero-order valence-electron chi connectivity index (χ0n) is 4.44. The first-order valence-electron chi connectivity index (χ1n) is 2.31. The molecule has 0 aliphatic heterocycles. The van der Waals surface area contributed by atoms with Gasteiger partial charge in [0.15, 0.2) is 0 Å². The zero-order chi connectivity index (χ0) is 6.69. The fraction of sp³-hybridized carbons (Fsp3) is 0. The Balaban J connectivity index is 2.94. The van der Waals surface area contributed by atoms with Gasteiger partial charge in [-0.05, 0) is 12.1 Å². The number of nitrogens with one attached hydrogen (secondary N) is 1. The normalized spacial score (nSPS) is 9.11. The number of hydrogen-bond acceptors (Lipinski definition) is 2. The van der Waals surface area contributed by atoms with Crippen molar-refractivity contribution in [1.82, 2.24) is 4.98 Å². The largest absolute Gasteiger partial charge is 0.328 e. The van der Waals surface area contributed by atoms with E-state index in [9.17, 15) is 0 Å². The Hall–Kier alpha value is -0.0300. The molecule has 0 saturated carbocycles. The Morgan fingerprint density at radius 1 is 1.67 bits per heavy atom. The summed E-state index contributed by atoms with van der Waals surface area (Å²) >= 11 is 7.60. The molecule has 4 heteroatoms. The molecular weight excluding hydrogens is 250 g/mol. The van der Waals surface area contributed by atoms with Gasteiger partial charge in [0.05, 0.1) is 22.9 Å². The summed E-state index contributed by atoms with van der Waals surface area (Å²) in [6.07, 6.45) is 1.66. The lowest BCUT2D eigenvalue weighted by Crippen LogP contribution is -1.79. The van der Waals surface area contributed by atoms with Gasteiger partial charge in [-0.1, -0.05) is 11.6 Å². The second-order valence-electron chi connectivity index (χ2n) is 1.46. The molecule has 1 aromatic heterocycles. The summed E-state index contributed by atoms with van der Waals surface area (Å²) in [7, 11) is 0. The number of halogens is 2. The monoisotopic (exact) mass is 254 g/mol. The van der Waals surface area contributed by atoms with Crippen molar-refractivity contribution < 1.29 is 0 Å². The maximum atomic E-state index is 5.57. The van der Waals surface area contributed by atoms with E-state index in [0.29, 0.717) is 5.15 Å². The van der Waals surface area contributed by atoms with E-state index in [0.717, 1.165) is 5.69 Å². The molecule has 1 N–H and O–H groups in total. The lowest BCUT2D eigenvalue weighted by Gasteiger charge is -1.94. The first kappa shape index (κ1) is 7.08. The van der Waals surface area contributed by atoms with Gasteiger partial charge in [-0.2, -0.15) is 0 Å². The molecule has 0 fully saturated rings. The molecule has 0 aliphatic rings. The minimum atomic E-state index is 0.511. The number of aromatic nitrogens is 1. The average molecular weight is 254 g/mol. The first-order chi connectivity index (χ1) is 4.33. The summed E-state index contributed by atoms with van der Waals surface area (Å²) in [5.41, 5.74) is 0.968. The summed E-state index contributed by atoms with van der Waals surface area (Å²) in [6, 6.07) is 3.60. The van der Waals surface area contributed by atoms with Gasteiger partial charge in [0.1, 0.15) is 5.15 Å². The minimum Gasteiger partial charge on any atom is -0.328 e. The van der Waals surface area contributed by atoms with Gasteiger partial charge < -0.3 is 3.53 Å². The van der Waals surface area contributed by atoms with E-state index in [2.05, 4.69) is 8.51 Å². The van der Waals surface area contributed by atoms with Crippen molar-refractivity contribution >= 4 is 40.2 Å². The fourth-order valence-electron chi connectivity index (χ4n) is 0.461. The second-order valence-corrected chi connectivity index (χ2v) is 2.39. The first-order valence-corrected chi connectivity index (χ1v) is 3.77. The lowest BCUT2D eigenvalue weighted by molar-refractivity contribution is 1.33. The second kappa shape index (κ2) is 3.22. The Labute approximate surface area is 72.1 Å². The van der Waals surface area contributed by atoms with Crippen LogP contribution in [-0.4, -0.2) is 4.98 Å². The quantitative estimate of drug-likeness (QED) is 0.473. The summed E-state index contributed by atoms with van der Waals surface area (Å²) in [5, 5.41) is 0.511. The molecule has 1 rings (SSSR count). The highest BCUT2D eigenvalue weighted by Crippen LogP contribution is 2.12. The standard InChI is InChI=1S/C5H4ClIN2/c6-5-3-4(9-7)1-2-8-5/h1-3H,(H,8,9). The molecule has 0 spiro atoms. The molecule has 1 heterocycles. The van der Waals surface area contributed by atoms with E-state index in [1.165, 1.54) is 0 Å². The highest BCUT2D eigenvalue weighted by molar-refractivity contribution is 14.1. The molecule has 0 aromatic carbocycles. The van der Waals surface area contributed by atoms with Crippen LogP contribution in [-0.2, 0) is 0 Å². The molecule has 48 valence electrons. The Morgan fingerprint density at radius 3 is 2.89 bits per heavy atom. The Morgan fingerprint density at radius 2 is 2.44 bits per heavy atom. The summed E-state index contributed by atoms with van der Waals surface area (Å²) < 4.78 is 2.91. The van der Waals surface area contributed by atoms with Crippen molar-refractivity contribution in [3.05, 3.63) is 23.5 Å². The Kier molecular flexibility index (Phi) is 2.53. The third kappa shape index (κ3) is 1.98. The van der Waals surface area contributed by atoms with Crippen molar-refractivity contribution in [3.63, 3.8) is 0 Å². The van der Waals surface area contributed by atoms with Gasteiger partial charge in [0.2, 0.25) is 0 Å². The third-order valence-corrected chi connectivity index (χ3v) is 1.67. The number of rotatable bonds is 1. The lowest BCUT2D eigenvalue weighted by atomic mass is 10.4. The third-order valence-electron chi connectivity index (χ3n) is 0.836. The molecule has 2 nitrogen and oxygen atoms in total. The zero-order valence-corrected chi connectivity index (χ0v) is 7.35. The molecule has 0 radical (unpaired) electrons. The molecular formula is C5H4ClIN2. The molecule has 0 amide bonds. The van der Waals surface area contributed by atoms with Gasteiger partial charge in [-0.15, -0.1) is 0 Å². The summed E-state index contributed by atoms with van der Waals surface area (Å²) in [6.45, 7) is 0. The molecule has 0 bridgehead atoms. The van der Waals surface area contributed by atoms with Crippen LogP contribution in [0.5, 0.6) is 0 Å². The van der Waals surface area contributed by atoms with Crippen LogP contribution in [0, 0.1) is 0 Å². The van der Waals surface area contributed by atoms with Crippen LogP contribution >= 0.6 is 34.5 Å². The van der Waals surface area contributed by atoms with Crippen molar-refractivity contribution in [1.29, 1.82) is 0 Å². The molecule has 1 aromatic rings. The number of hydrogen-bond donors (Lipinski definition) is 1. The molecule has 9 heavy (non-hydrogen) atoms. The maximum Gasteiger partial charge on any atom is 0.131 e. The maximum absolute atomic E-state index is 5.57. The smallest absolute Gasteiger partial charge is 0.131 e. The van der Waals surface area contributed by atoms with E-state index >= 15 is 0 Å². The minimum absolute atomic E-state index is 0.511. The highest BCUT2D eigenvalue weighted by Gasteiger charge is 1.88. The summed E-state index contributed by atoms with van der Waals surface area (Å²) in [4.78, 5) is 3.81. The van der Waals surface area contributed by atoms with Gasteiger partial charge in [0.25, 0.3) is 0 Å². The van der Waals surface area contributed by atoms with Crippen LogP contribution in [0.2, 0.25) is 5.15 Å². The van der Waals surface area contributed by atoms with Crippen LogP contribution in [0.25, 0.3) is 0 Å². The van der Waals surface area contributed by atoms with E-state index < -0.39 is 0 Å². The van der Waals surface area contributed by atoms with Crippen LogP contribution in [0.4, 0.5) is 5.69 Å². The molecule has 0 unspecified atom stereocenters. The van der Waals surface area contributed by atoms with Crippen molar-refractivity contribution in [2.24, 2.45) is 0 Å². The number of pyridine rings is 1. The van der Waals surface area contributed by atoms with Crippen LogP contribution in [0.1, 0.15) is 0 Å². The van der Waals surface area contributed by atoms with E-state index in [1.807, 2.05) is 28.9 Å². The van der Waals surface area contributed by atoms with Gasteiger partial charge >= 0.3 is 0 Å². The SMILES string of the molecule is Clc1cc(NI)ccn1. The van der Waals surface area contributed by atoms with Gasteiger partial charge in [-0.25, -0.2) is 4.98 Å². The van der Waals surface area contributed by atoms with Crippen molar-refractivity contribution in [2.45, 2.75) is 0 Å². The van der Waals surface area contributed by atoms with Crippen LogP contribution in [0.3, 0.4) is 0 Å². The van der Waals surface area contributed by atoms with Crippen molar-refractivity contribution in [3.8, 4) is 0 Å². The van der Waals surface area contributed by atoms with Crippen molar-refractivity contribution in [2.75, 3.05) is 3.53 Å². The van der Waals surface area contributed by atoms with E-state index in [-0.39, 0.29) is 0 Å². The van der Waals surface area contributed by atoms with Gasteiger partial charge in [-0.3, -0.25) is 0 Å². The molecule has 0 aliphatic carbocycles. The van der Waals surface area contributed by atoms with Crippen LogP contribution in [0.15, 0.2) is 18.3 Å². The molecule has 0 atom stereocenters. The molecule has 0 saturated heterocycles. The van der Waals surface area contributed by atoms with Crippen LogP contribution < -0.4 is 3.53 Å². The summed E-state index contributed by atoms with van der Waals surface area (Å²) in [5.74, 6) is 0. The van der Waals surface area contributed by atoms with Gasteiger partial charge in [0, 0.05) is 11.9 Å². The Bertz CT molecular complexity index is 204. The fourth-order valence-corrected chi connectivity index (χ4v) is 0.971. The topological polar surface area (TPSA) is 24.9 Å². The van der Waals surface area contributed by atoms with E-state index in [4.69, 9.17) is 11.6 Å². The predicted octanol–water partition coefficient (Wildman–Crippen LogP) is 2.50. The average Bonchev–Trinajstić information content (AvgIpc) is 1.88. The highest BCUT2D eigenvalue weighted by atomic mass is 127. The number of anilines is 1. The van der Waals surface area contributed by atoms with E-state index in [1.54, 1.807) is 12.3 Å². The number of nitrogens with zero attached hydrogens (tertiary/aromatic N) is 1.